The highest BCUT2D eigenvalue weighted by atomic mass is 16.5. The molecular weight excluding hydrogens is 256 g/mol. The van der Waals surface area contributed by atoms with Gasteiger partial charge in [0.05, 0.1) is 7.11 Å². The molecule has 0 heterocycles. The quantitative estimate of drug-likeness (QED) is 0.589. The van der Waals surface area contributed by atoms with Gasteiger partial charge in [0.25, 0.3) is 0 Å². The monoisotopic (exact) mass is 286 g/mol. The van der Waals surface area contributed by atoms with Crippen molar-refractivity contribution in [2.24, 2.45) is 11.7 Å². The number of carbonyl (C=O) groups excluding carboxylic acids is 2. The first kappa shape index (κ1) is 18.9. The number of methoxy groups -OCH3 is 1. The van der Waals surface area contributed by atoms with Crippen LogP contribution in [0.2, 0.25) is 0 Å². The van der Waals surface area contributed by atoms with E-state index in [-0.39, 0.29) is 11.9 Å². The molecule has 1 amide bonds. The minimum absolute atomic E-state index is 0.146. The van der Waals surface area contributed by atoms with Gasteiger partial charge < -0.3 is 15.4 Å². The van der Waals surface area contributed by atoms with E-state index in [2.05, 4.69) is 11.7 Å². The molecule has 2 N–H and O–H groups in total. The summed E-state index contributed by atoms with van der Waals surface area (Å²) in [5.41, 5.74) is 5.59. The Morgan fingerprint density at radius 2 is 1.90 bits per heavy atom. The van der Waals surface area contributed by atoms with Gasteiger partial charge in [-0.25, -0.2) is 0 Å². The number of nitrogens with zero attached hydrogens (tertiary/aromatic N) is 1. The van der Waals surface area contributed by atoms with Crippen LogP contribution in [0.5, 0.6) is 0 Å². The molecule has 1 unspecified atom stereocenters. The van der Waals surface area contributed by atoms with Gasteiger partial charge in [-0.3, -0.25) is 9.59 Å². The van der Waals surface area contributed by atoms with Crippen molar-refractivity contribution in [1.29, 1.82) is 0 Å². The molecule has 0 aliphatic heterocycles. The van der Waals surface area contributed by atoms with E-state index in [4.69, 9.17) is 5.73 Å². The zero-order chi connectivity index (χ0) is 15.4. The lowest BCUT2D eigenvalue weighted by atomic mass is 9.94. The zero-order valence-corrected chi connectivity index (χ0v) is 13.2. The molecule has 1 atom stereocenters. The van der Waals surface area contributed by atoms with Gasteiger partial charge in [0.2, 0.25) is 5.91 Å². The van der Waals surface area contributed by atoms with Crippen LogP contribution in [-0.2, 0) is 14.3 Å². The Hall–Kier alpha value is -1.10. The minimum atomic E-state index is -0.225. The zero-order valence-electron chi connectivity index (χ0n) is 13.2. The van der Waals surface area contributed by atoms with E-state index in [9.17, 15) is 9.59 Å². The lowest BCUT2D eigenvalue weighted by Crippen LogP contribution is -2.28. The Morgan fingerprint density at radius 3 is 2.45 bits per heavy atom. The van der Waals surface area contributed by atoms with Crippen molar-refractivity contribution in [2.45, 2.75) is 51.9 Å². The first-order valence-corrected chi connectivity index (χ1v) is 7.55. The number of rotatable bonds is 11. The fourth-order valence-electron chi connectivity index (χ4n) is 2.28. The van der Waals surface area contributed by atoms with Crippen LogP contribution in [-0.4, -0.2) is 44.0 Å². The van der Waals surface area contributed by atoms with Gasteiger partial charge in [-0.2, -0.15) is 0 Å². The van der Waals surface area contributed by atoms with Crippen LogP contribution >= 0.6 is 0 Å². The summed E-state index contributed by atoms with van der Waals surface area (Å²) < 4.78 is 4.57. The Bertz CT molecular complexity index is 276. The lowest BCUT2D eigenvalue weighted by molar-refractivity contribution is -0.141. The summed E-state index contributed by atoms with van der Waals surface area (Å²) >= 11 is 0. The van der Waals surface area contributed by atoms with Crippen LogP contribution in [0.1, 0.15) is 51.9 Å². The first-order valence-electron chi connectivity index (χ1n) is 7.55. The third-order valence-electron chi connectivity index (χ3n) is 3.57. The smallest absolute Gasteiger partial charge is 0.305 e. The average molecular weight is 286 g/mol. The van der Waals surface area contributed by atoms with Gasteiger partial charge in [0.15, 0.2) is 0 Å². The molecular formula is C15H30N2O3. The Balaban J connectivity index is 3.90. The molecule has 20 heavy (non-hydrogen) atoms. The lowest BCUT2D eigenvalue weighted by Gasteiger charge is -2.19. The number of esters is 1. The molecule has 0 saturated heterocycles. The number of carbonyl (C=O) groups is 2. The third-order valence-corrected chi connectivity index (χ3v) is 3.57. The van der Waals surface area contributed by atoms with Crippen molar-refractivity contribution in [3.8, 4) is 0 Å². The van der Waals surface area contributed by atoms with Crippen LogP contribution in [0.25, 0.3) is 0 Å². The maximum atomic E-state index is 12.0. The topological polar surface area (TPSA) is 72.6 Å². The van der Waals surface area contributed by atoms with Gasteiger partial charge >= 0.3 is 5.97 Å². The van der Waals surface area contributed by atoms with E-state index >= 15 is 0 Å². The predicted molar refractivity (Wildman–Crippen MR) is 80.2 cm³/mol. The standard InChI is InChI=1S/C15H30N2O3/c1-4-6-13(10-11-16)8-9-14(18)17(2)12-5-7-15(19)20-3/h13H,4-12,16H2,1-3H3. The second-order valence-electron chi connectivity index (χ2n) is 5.27. The molecule has 0 radical (unpaired) electrons. The minimum Gasteiger partial charge on any atom is -0.469 e. The molecule has 0 bridgehead atoms. The summed E-state index contributed by atoms with van der Waals surface area (Å²) in [6, 6.07) is 0. The van der Waals surface area contributed by atoms with E-state index in [1.165, 1.54) is 7.11 Å². The van der Waals surface area contributed by atoms with Crippen LogP contribution in [0, 0.1) is 5.92 Å². The Kier molecular flexibility index (Phi) is 11.1. The fourth-order valence-corrected chi connectivity index (χ4v) is 2.28. The van der Waals surface area contributed by atoms with Crippen molar-refractivity contribution in [3.05, 3.63) is 0 Å². The average Bonchev–Trinajstić information content (AvgIpc) is 2.44. The second kappa shape index (κ2) is 11.7. The Morgan fingerprint density at radius 1 is 1.20 bits per heavy atom. The van der Waals surface area contributed by atoms with Gasteiger partial charge in [-0.05, 0) is 31.7 Å². The molecule has 118 valence electrons. The van der Waals surface area contributed by atoms with E-state index in [0.717, 1.165) is 25.7 Å². The largest absolute Gasteiger partial charge is 0.469 e. The molecule has 0 aromatic heterocycles. The van der Waals surface area contributed by atoms with Crippen molar-refractivity contribution in [1.82, 2.24) is 4.90 Å². The summed E-state index contributed by atoms with van der Waals surface area (Å²) in [4.78, 5) is 24.7. The highest BCUT2D eigenvalue weighted by molar-refractivity contribution is 5.76. The molecule has 5 nitrogen and oxygen atoms in total. The van der Waals surface area contributed by atoms with E-state index in [0.29, 0.717) is 38.3 Å². The molecule has 0 saturated carbocycles. The van der Waals surface area contributed by atoms with Gasteiger partial charge in [-0.15, -0.1) is 0 Å². The molecule has 0 fully saturated rings. The molecule has 0 rings (SSSR count). The maximum Gasteiger partial charge on any atom is 0.305 e. The molecule has 0 aromatic carbocycles. The van der Waals surface area contributed by atoms with Crippen LogP contribution < -0.4 is 5.73 Å². The summed E-state index contributed by atoms with van der Waals surface area (Å²) in [6.45, 7) is 3.45. The molecule has 0 aromatic rings. The van der Waals surface area contributed by atoms with Gasteiger partial charge in [-0.1, -0.05) is 19.8 Å². The van der Waals surface area contributed by atoms with E-state index < -0.39 is 0 Å². The Labute approximate surface area is 122 Å². The molecule has 0 spiro atoms. The molecule has 0 aliphatic carbocycles. The SMILES string of the molecule is CCCC(CCN)CCC(=O)N(C)CCCC(=O)OC. The van der Waals surface area contributed by atoms with Crippen molar-refractivity contribution in [3.63, 3.8) is 0 Å². The van der Waals surface area contributed by atoms with E-state index in [1.807, 2.05) is 0 Å². The number of hydrogen-bond donors (Lipinski definition) is 1. The van der Waals surface area contributed by atoms with Crippen LogP contribution in [0.15, 0.2) is 0 Å². The predicted octanol–water partition coefficient (Wildman–Crippen LogP) is 1.94. The first-order chi connectivity index (χ1) is 9.54. The van der Waals surface area contributed by atoms with Crippen LogP contribution in [0.3, 0.4) is 0 Å². The van der Waals surface area contributed by atoms with Crippen molar-refractivity contribution >= 4 is 11.9 Å². The summed E-state index contributed by atoms with van der Waals surface area (Å²) in [7, 11) is 3.17. The summed E-state index contributed by atoms with van der Waals surface area (Å²) in [5, 5.41) is 0. The maximum absolute atomic E-state index is 12.0. The third kappa shape index (κ3) is 8.91. The number of ether oxygens (including phenoxy) is 1. The van der Waals surface area contributed by atoms with Crippen molar-refractivity contribution in [2.75, 3.05) is 27.2 Å². The van der Waals surface area contributed by atoms with Gasteiger partial charge in [0, 0.05) is 26.4 Å². The normalized spacial score (nSPS) is 12.0. The highest BCUT2D eigenvalue weighted by Gasteiger charge is 2.13. The number of hydrogen-bond acceptors (Lipinski definition) is 4. The molecule has 0 aliphatic rings. The van der Waals surface area contributed by atoms with Crippen molar-refractivity contribution < 1.29 is 14.3 Å². The van der Waals surface area contributed by atoms with E-state index in [1.54, 1.807) is 11.9 Å². The highest BCUT2D eigenvalue weighted by Crippen LogP contribution is 2.17. The second-order valence-corrected chi connectivity index (χ2v) is 5.27. The fraction of sp³-hybridized carbons (Fsp3) is 0.867. The summed E-state index contributed by atoms with van der Waals surface area (Å²) in [5.74, 6) is 0.474. The number of amides is 1. The van der Waals surface area contributed by atoms with Crippen LogP contribution in [0.4, 0.5) is 0 Å². The summed E-state index contributed by atoms with van der Waals surface area (Å²) in [6.07, 6.45) is 5.75. The number of nitrogens with two attached hydrogens (primary N) is 1. The molecule has 5 heteroatoms. The van der Waals surface area contributed by atoms with Gasteiger partial charge in [0.1, 0.15) is 0 Å².